The van der Waals surface area contributed by atoms with Crippen molar-refractivity contribution in [1.29, 1.82) is 0 Å². The summed E-state index contributed by atoms with van der Waals surface area (Å²) >= 11 is 3.17. The molecule has 0 aromatic carbocycles. The first-order valence-corrected chi connectivity index (χ1v) is 6.45. The third-order valence-electron chi connectivity index (χ3n) is 2.38. The molecule has 1 saturated heterocycles. The van der Waals surface area contributed by atoms with E-state index in [1.807, 2.05) is 6.26 Å². The van der Waals surface area contributed by atoms with Crippen LogP contribution in [0.3, 0.4) is 0 Å². The predicted molar refractivity (Wildman–Crippen MR) is 57.7 cm³/mol. The van der Waals surface area contributed by atoms with Crippen LogP contribution < -0.4 is 4.90 Å². The Kier molecular flexibility index (Phi) is 2.74. The average Bonchev–Trinajstić information content (AvgIpc) is 2.71. The van der Waals surface area contributed by atoms with Crippen LogP contribution in [0.1, 0.15) is 19.8 Å². The molecule has 0 amide bonds. The van der Waals surface area contributed by atoms with Gasteiger partial charge in [0.25, 0.3) is 0 Å². The Morgan fingerprint density at radius 2 is 2.46 bits per heavy atom. The van der Waals surface area contributed by atoms with Gasteiger partial charge < -0.3 is 4.90 Å². The Morgan fingerprint density at radius 3 is 3.00 bits per heavy atom. The monoisotopic (exact) mass is 215 g/mol. The number of thioether (sulfide) groups is 1. The van der Waals surface area contributed by atoms with Crippen LogP contribution in [-0.4, -0.2) is 28.2 Å². The Hall–Kier alpha value is -0.290. The molecule has 2 rings (SSSR count). The zero-order valence-electron chi connectivity index (χ0n) is 7.86. The summed E-state index contributed by atoms with van der Waals surface area (Å²) in [4.78, 5) is 6.76. The molecule has 1 aromatic heterocycles. The molecule has 0 aliphatic carbocycles. The Labute approximate surface area is 86.7 Å². The maximum atomic E-state index is 4.46. The van der Waals surface area contributed by atoms with Crippen LogP contribution in [0.25, 0.3) is 0 Å². The molecule has 1 aliphatic heterocycles. The molecule has 0 radical (unpaired) electrons. The zero-order chi connectivity index (χ0) is 9.26. The summed E-state index contributed by atoms with van der Waals surface area (Å²) in [6.45, 7) is 3.36. The highest BCUT2D eigenvalue weighted by molar-refractivity contribution is 8.00. The summed E-state index contributed by atoms with van der Waals surface area (Å²) in [6.07, 6.45) is 4.58. The molecular formula is C8H13N3S2. The molecule has 3 nitrogen and oxygen atoms in total. The smallest absolute Gasteiger partial charge is 0.238 e. The molecule has 72 valence electrons. The molecule has 5 heteroatoms. The highest BCUT2D eigenvalue weighted by atomic mass is 32.2. The fourth-order valence-electron chi connectivity index (χ4n) is 1.63. The molecule has 1 fully saturated rings. The van der Waals surface area contributed by atoms with Gasteiger partial charge in [-0.1, -0.05) is 11.8 Å². The van der Waals surface area contributed by atoms with Crippen molar-refractivity contribution in [2.45, 2.75) is 30.1 Å². The minimum absolute atomic E-state index is 0.615. The van der Waals surface area contributed by atoms with E-state index in [1.165, 1.54) is 24.4 Å². The first-order valence-electron chi connectivity index (χ1n) is 4.45. The first kappa shape index (κ1) is 9.27. The van der Waals surface area contributed by atoms with Gasteiger partial charge in [-0.25, -0.2) is 0 Å². The van der Waals surface area contributed by atoms with Gasteiger partial charge in [0.2, 0.25) is 5.95 Å². The van der Waals surface area contributed by atoms with Crippen LogP contribution in [0.4, 0.5) is 5.95 Å². The zero-order valence-corrected chi connectivity index (χ0v) is 9.49. The van der Waals surface area contributed by atoms with Gasteiger partial charge in [0, 0.05) is 12.6 Å². The molecule has 13 heavy (non-hydrogen) atoms. The van der Waals surface area contributed by atoms with Gasteiger partial charge in [-0.2, -0.15) is 9.36 Å². The molecule has 0 bridgehead atoms. The highest BCUT2D eigenvalue weighted by Crippen LogP contribution is 2.26. The van der Waals surface area contributed by atoms with Crippen LogP contribution in [0.5, 0.6) is 0 Å². The van der Waals surface area contributed by atoms with Crippen molar-refractivity contribution in [1.82, 2.24) is 9.36 Å². The molecule has 2 heterocycles. The van der Waals surface area contributed by atoms with Gasteiger partial charge in [-0.15, -0.1) is 0 Å². The van der Waals surface area contributed by atoms with Gasteiger partial charge in [0.15, 0.2) is 4.34 Å². The number of rotatable bonds is 2. The summed E-state index contributed by atoms with van der Waals surface area (Å²) in [5.74, 6) is 0.930. The number of hydrogen-bond acceptors (Lipinski definition) is 5. The maximum Gasteiger partial charge on any atom is 0.238 e. The van der Waals surface area contributed by atoms with Crippen LogP contribution in [-0.2, 0) is 0 Å². The Morgan fingerprint density at radius 1 is 1.62 bits per heavy atom. The van der Waals surface area contributed by atoms with Crippen LogP contribution in [0.2, 0.25) is 0 Å². The normalized spacial score (nSPS) is 22.6. The van der Waals surface area contributed by atoms with Crippen molar-refractivity contribution in [3.05, 3.63) is 0 Å². The van der Waals surface area contributed by atoms with Crippen LogP contribution in [0.15, 0.2) is 4.34 Å². The maximum absolute atomic E-state index is 4.46. The Balaban J connectivity index is 2.15. The molecule has 0 N–H and O–H groups in total. The standard InChI is InChI=1S/C8H13N3S2/c1-6-4-3-5-11(6)7-9-8(12-2)13-10-7/h6H,3-5H2,1-2H3. The summed E-state index contributed by atoms with van der Waals surface area (Å²) in [5.41, 5.74) is 0. The summed E-state index contributed by atoms with van der Waals surface area (Å²) < 4.78 is 5.42. The molecule has 0 saturated carbocycles. The SMILES string of the molecule is CSc1nc(N2CCCC2C)ns1. The lowest BCUT2D eigenvalue weighted by atomic mass is 10.2. The molecular weight excluding hydrogens is 202 g/mol. The lowest BCUT2D eigenvalue weighted by Crippen LogP contribution is -2.27. The van der Waals surface area contributed by atoms with E-state index in [4.69, 9.17) is 0 Å². The molecule has 1 aliphatic rings. The molecule has 0 spiro atoms. The topological polar surface area (TPSA) is 29.0 Å². The van der Waals surface area contributed by atoms with Gasteiger partial charge >= 0.3 is 0 Å². The summed E-state index contributed by atoms with van der Waals surface area (Å²) in [5, 5.41) is 0. The van der Waals surface area contributed by atoms with E-state index >= 15 is 0 Å². The Bertz CT molecular complexity index is 287. The largest absolute Gasteiger partial charge is 0.337 e. The van der Waals surface area contributed by atoms with E-state index < -0.39 is 0 Å². The quantitative estimate of drug-likeness (QED) is 0.708. The number of aromatic nitrogens is 2. The van der Waals surface area contributed by atoms with E-state index in [0.717, 1.165) is 16.8 Å². The van der Waals surface area contributed by atoms with Gasteiger partial charge in [0.05, 0.1) is 0 Å². The van der Waals surface area contributed by atoms with E-state index in [0.29, 0.717) is 6.04 Å². The summed E-state index contributed by atoms with van der Waals surface area (Å²) in [7, 11) is 0. The molecule has 1 aromatic rings. The van der Waals surface area contributed by atoms with Gasteiger partial charge in [-0.3, -0.25) is 0 Å². The second-order valence-electron chi connectivity index (χ2n) is 3.25. The van der Waals surface area contributed by atoms with Gasteiger partial charge in [0.1, 0.15) is 0 Å². The van der Waals surface area contributed by atoms with Crippen molar-refractivity contribution in [2.75, 3.05) is 17.7 Å². The second kappa shape index (κ2) is 3.84. The minimum Gasteiger partial charge on any atom is -0.337 e. The minimum atomic E-state index is 0.615. The number of nitrogens with zero attached hydrogens (tertiary/aromatic N) is 3. The van der Waals surface area contributed by atoms with E-state index in [9.17, 15) is 0 Å². The van der Waals surface area contributed by atoms with E-state index in [1.54, 1.807) is 11.8 Å². The fraction of sp³-hybridized carbons (Fsp3) is 0.750. The van der Waals surface area contributed by atoms with Crippen LogP contribution >= 0.6 is 23.3 Å². The first-order chi connectivity index (χ1) is 6.31. The lowest BCUT2D eigenvalue weighted by molar-refractivity contribution is 0.720. The predicted octanol–water partition coefficient (Wildman–Crippen LogP) is 2.25. The second-order valence-corrected chi connectivity index (χ2v) is 5.05. The molecule has 1 atom stereocenters. The van der Waals surface area contributed by atoms with Crippen molar-refractivity contribution >= 4 is 29.2 Å². The number of anilines is 1. The highest BCUT2D eigenvalue weighted by Gasteiger charge is 2.23. The van der Waals surface area contributed by atoms with Gasteiger partial charge in [-0.05, 0) is 37.6 Å². The van der Waals surface area contributed by atoms with E-state index in [2.05, 4.69) is 21.2 Å². The lowest BCUT2D eigenvalue weighted by Gasteiger charge is -2.18. The van der Waals surface area contributed by atoms with Crippen molar-refractivity contribution in [3.8, 4) is 0 Å². The van der Waals surface area contributed by atoms with E-state index in [-0.39, 0.29) is 0 Å². The third-order valence-corrected chi connectivity index (χ3v) is 4.05. The summed E-state index contributed by atoms with van der Waals surface area (Å²) in [6, 6.07) is 0.615. The average molecular weight is 215 g/mol. The number of hydrogen-bond donors (Lipinski definition) is 0. The van der Waals surface area contributed by atoms with Crippen molar-refractivity contribution in [3.63, 3.8) is 0 Å². The van der Waals surface area contributed by atoms with Crippen molar-refractivity contribution in [2.24, 2.45) is 0 Å². The third kappa shape index (κ3) is 1.81. The van der Waals surface area contributed by atoms with Crippen LogP contribution in [0, 0.1) is 0 Å². The fourth-order valence-corrected chi connectivity index (χ4v) is 2.64. The van der Waals surface area contributed by atoms with Crippen molar-refractivity contribution < 1.29 is 0 Å². The molecule has 1 unspecified atom stereocenters.